The van der Waals surface area contributed by atoms with Crippen LogP contribution in [0.1, 0.15) is 21.5 Å². The smallest absolute Gasteiger partial charge is 0.307 e. The van der Waals surface area contributed by atoms with Crippen LogP contribution in [0.15, 0.2) is 58.7 Å². The average molecular weight is 517 g/mol. The Hall–Kier alpha value is -4.92. The number of carbonyl (C=O) groups is 2. The molecule has 0 bridgehead atoms. The molecule has 0 radical (unpaired) electrons. The number of carboxylic acid groups (broad SMARTS) is 1. The molecule has 0 amide bonds. The lowest BCUT2D eigenvalue weighted by atomic mass is 10.00. The molecule has 0 fully saturated rings. The molecule has 5 rings (SSSR count). The third-order valence-electron chi connectivity index (χ3n) is 6.29. The van der Waals surface area contributed by atoms with Gasteiger partial charge in [0, 0.05) is 22.8 Å². The molecule has 194 valence electrons. The highest BCUT2D eigenvalue weighted by molar-refractivity contribution is 6.18. The van der Waals surface area contributed by atoms with Crippen LogP contribution in [0.3, 0.4) is 0 Å². The molecule has 2 heterocycles. The van der Waals surface area contributed by atoms with Gasteiger partial charge in [-0.2, -0.15) is 0 Å². The first-order chi connectivity index (χ1) is 18.4. The molecule has 0 saturated carbocycles. The summed E-state index contributed by atoms with van der Waals surface area (Å²) in [5.74, 6) is 1.30. The topological polar surface area (TPSA) is 114 Å². The number of hydrogen-bond donors (Lipinski definition) is 1. The van der Waals surface area contributed by atoms with E-state index in [-0.39, 0.29) is 23.7 Å². The standard InChI is InChI=1S/C29H24O9/c1-33-17-7-5-15(6-8-17)28-19(13-25(30)31)26-20(37-28)10-9-18-27(32)24(38-29(18)26)12-16-11-22(35-3)23(36-4)14-21(16)34-2/h5-12,14H,13H2,1-4H3,(H,30,31)/b24-12-. The fourth-order valence-electron chi connectivity index (χ4n) is 4.49. The van der Waals surface area contributed by atoms with E-state index >= 15 is 0 Å². The Morgan fingerprint density at radius 1 is 0.895 bits per heavy atom. The average Bonchev–Trinajstić information content (AvgIpc) is 3.45. The number of ether oxygens (including phenoxy) is 5. The van der Waals surface area contributed by atoms with Crippen LogP contribution in [-0.4, -0.2) is 45.3 Å². The zero-order valence-corrected chi connectivity index (χ0v) is 21.1. The fourth-order valence-corrected chi connectivity index (χ4v) is 4.49. The Balaban J connectivity index is 1.65. The number of rotatable bonds is 8. The van der Waals surface area contributed by atoms with Crippen LogP contribution in [0.4, 0.5) is 0 Å². The number of furan rings is 1. The summed E-state index contributed by atoms with van der Waals surface area (Å²) < 4.78 is 33.6. The van der Waals surface area contributed by atoms with E-state index < -0.39 is 5.97 Å². The summed E-state index contributed by atoms with van der Waals surface area (Å²) in [6.07, 6.45) is 1.22. The van der Waals surface area contributed by atoms with Crippen molar-refractivity contribution < 1.29 is 42.8 Å². The van der Waals surface area contributed by atoms with Crippen LogP contribution < -0.4 is 23.7 Å². The van der Waals surface area contributed by atoms with E-state index in [4.69, 9.17) is 28.1 Å². The van der Waals surface area contributed by atoms with Crippen LogP contribution in [0.5, 0.6) is 28.7 Å². The largest absolute Gasteiger partial charge is 0.497 e. The lowest BCUT2D eigenvalue weighted by Gasteiger charge is -2.12. The highest BCUT2D eigenvalue weighted by Crippen LogP contribution is 2.45. The molecular formula is C29H24O9. The van der Waals surface area contributed by atoms with Gasteiger partial charge in [0.15, 0.2) is 17.3 Å². The Morgan fingerprint density at radius 3 is 2.21 bits per heavy atom. The van der Waals surface area contributed by atoms with Crippen molar-refractivity contribution in [2.75, 3.05) is 28.4 Å². The molecule has 0 spiro atoms. The summed E-state index contributed by atoms with van der Waals surface area (Å²) in [6.45, 7) is 0. The van der Waals surface area contributed by atoms with Gasteiger partial charge in [-0.25, -0.2) is 0 Å². The molecule has 0 saturated heterocycles. The lowest BCUT2D eigenvalue weighted by molar-refractivity contribution is -0.136. The third kappa shape index (κ3) is 4.17. The first kappa shape index (κ1) is 24.8. The molecule has 0 unspecified atom stereocenters. The lowest BCUT2D eigenvalue weighted by Crippen LogP contribution is -2.01. The van der Waals surface area contributed by atoms with Crippen LogP contribution in [-0.2, 0) is 11.2 Å². The number of carboxylic acids is 1. The van der Waals surface area contributed by atoms with Crippen molar-refractivity contribution in [2.45, 2.75) is 6.42 Å². The summed E-state index contributed by atoms with van der Waals surface area (Å²) in [5, 5.41) is 10.1. The number of benzene rings is 3. The number of hydrogen-bond acceptors (Lipinski definition) is 8. The Morgan fingerprint density at radius 2 is 1.58 bits per heavy atom. The van der Waals surface area contributed by atoms with Crippen LogP contribution in [0.2, 0.25) is 0 Å². The predicted octanol–water partition coefficient (Wildman–Crippen LogP) is 5.38. The maximum absolute atomic E-state index is 13.4. The summed E-state index contributed by atoms with van der Waals surface area (Å²) in [5.41, 5.74) is 2.32. The predicted molar refractivity (Wildman–Crippen MR) is 139 cm³/mol. The van der Waals surface area contributed by atoms with Crippen LogP contribution in [0.25, 0.3) is 28.4 Å². The molecule has 9 nitrogen and oxygen atoms in total. The molecule has 9 heteroatoms. The van der Waals surface area contributed by atoms with Gasteiger partial charge >= 0.3 is 5.97 Å². The van der Waals surface area contributed by atoms with Gasteiger partial charge in [-0.1, -0.05) is 0 Å². The van der Waals surface area contributed by atoms with Crippen LogP contribution >= 0.6 is 0 Å². The van der Waals surface area contributed by atoms with Gasteiger partial charge in [0.1, 0.15) is 28.6 Å². The van der Waals surface area contributed by atoms with E-state index in [1.54, 1.807) is 61.7 Å². The molecule has 1 aliphatic rings. The summed E-state index contributed by atoms with van der Waals surface area (Å²) in [4.78, 5) is 25.2. The Bertz CT molecular complexity index is 1590. The van der Waals surface area contributed by atoms with Gasteiger partial charge in [0.05, 0.1) is 45.8 Å². The third-order valence-corrected chi connectivity index (χ3v) is 6.29. The Labute approximate surface area is 217 Å². The number of carbonyl (C=O) groups excluding carboxylic acids is 1. The molecule has 1 N–H and O–H groups in total. The molecule has 1 aromatic heterocycles. The maximum Gasteiger partial charge on any atom is 0.307 e. The van der Waals surface area contributed by atoms with Crippen molar-refractivity contribution >= 4 is 28.8 Å². The minimum absolute atomic E-state index is 0.0477. The monoisotopic (exact) mass is 516 g/mol. The summed E-state index contributed by atoms with van der Waals surface area (Å²) >= 11 is 0. The van der Waals surface area contributed by atoms with Crippen molar-refractivity contribution in [3.8, 4) is 40.1 Å². The highest BCUT2D eigenvalue weighted by atomic mass is 16.5. The number of aliphatic carboxylic acids is 1. The van der Waals surface area contributed by atoms with Crippen molar-refractivity contribution in [3.05, 3.63) is 71.0 Å². The minimum atomic E-state index is -1.05. The van der Waals surface area contributed by atoms with Crippen LogP contribution in [0, 0.1) is 0 Å². The number of ketones is 1. The molecule has 1 aliphatic heterocycles. The second-order valence-corrected chi connectivity index (χ2v) is 8.41. The van der Waals surface area contributed by atoms with E-state index in [2.05, 4.69) is 0 Å². The fraction of sp³-hybridized carbons (Fsp3) is 0.172. The van der Waals surface area contributed by atoms with E-state index in [0.717, 1.165) is 0 Å². The molecule has 38 heavy (non-hydrogen) atoms. The van der Waals surface area contributed by atoms with Crippen molar-refractivity contribution in [1.82, 2.24) is 0 Å². The van der Waals surface area contributed by atoms with Gasteiger partial charge in [0.2, 0.25) is 5.78 Å². The van der Waals surface area contributed by atoms with Crippen molar-refractivity contribution in [2.24, 2.45) is 0 Å². The van der Waals surface area contributed by atoms with E-state index in [1.165, 1.54) is 21.3 Å². The zero-order chi connectivity index (χ0) is 27.0. The van der Waals surface area contributed by atoms with E-state index in [9.17, 15) is 14.7 Å². The number of Topliss-reactive ketones (excluding diaryl/α,β-unsaturated/α-hetero) is 1. The SMILES string of the molecule is COc1ccc(-c2oc3ccc4c(c3c2CC(=O)O)O/C(=C\c2cc(OC)c(OC)cc2OC)C4=O)cc1. The Kier molecular flexibility index (Phi) is 6.42. The second-order valence-electron chi connectivity index (χ2n) is 8.41. The molecule has 0 atom stereocenters. The highest BCUT2D eigenvalue weighted by Gasteiger charge is 2.33. The van der Waals surface area contributed by atoms with E-state index in [1.807, 2.05) is 0 Å². The quantitative estimate of drug-likeness (QED) is 0.308. The zero-order valence-electron chi connectivity index (χ0n) is 21.1. The van der Waals surface area contributed by atoms with Gasteiger partial charge in [0.25, 0.3) is 0 Å². The van der Waals surface area contributed by atoms with Gasteiger partial charge in [-0.3, -0.25) is 9.59 Å². The normalized spacial score (nSPS) is 13.4. The van der Waals surface area contributed by atoms with E-state index in [0.29, 0.717) is 62.0 Å². The molecular weight excluding hydrogens is 492 g/mol. The molecule has 3 aromatic carbocycles. The number of allylic oxidation sites excluding steroid dienone is 1. The summed E-state index contributed by atoms with van der Waals surface area (Å²) in [6, 6.07) is 13.7. The maximum atomic E-state index is 13.4. The molecule has 4 aromatic rings. The van der Waals surface area contributed by atoms with Gasteiger partial charge in [-0.05, 0) is 48.5 Å². The number of fused-ring (bicyclic) bond motifs is 3. The van der Waals surface area contributed by atoms with Crippen molar-refractivity contribution in [1.29, 1.82) is 0 Å². The number of methoxy groups -OCH3 is 4. The first-order valence-electron chi connectivity index (χ1n) is 11.6. The van der Waals surface area contributed by atoms with Crippen molar-refractivity contribution in [3.63, 3.8) is 0 Å². The first-order valence-corrected chi connectivity index (χ1v) is 11.6. The minimum Gasteiger partial charge on any atom is -0.497 e. The van der Waals surface area contributed by atoms with Gasteiger partial charge in [-0.15, -0.1) is 0 Å². The van der Waals surface area contributed by atoms with Gasteiger partial charge < -0.3 is 33.2 Å². The molecule has 0 aliphatic carbocycles. The summed E-state index contributed by atoms with van der Waals surface area (Å²) in [7, 11) is 6.09. The second kappa shape index (κ2) is 9.85.